The molecule has 0 aliphatic heterocycles. The van der Waals surface area contributed by atoms with E-state index in [4.69, 9.17) is 9.47 Å². The van der Waals surface area contributed by atoms with Crippen LogP contribution >= 0.6 is 0 Å². The summed E-state index contributed by atoms with van der Waals surface area (Å²) in [5.41, 5.74) is 0. The second-order valence-electron chi connectivity index (χ2n) is 10.7. The first kappa shape index (κ1) is 30.9. The standard InChI is InChI=1S/C28H54O4/c1-23(2)19-21-31-27(29)18-16-14-12-10-8-7-9-11-13-15-17-26(25(5)6)28(30)32-22-20-24(3)4/h23-26H,7-22H2,1-6H3. The number of hydrogen-bond donors (Lipinski definition) is 0. The van der Waals surface area contributed by atoms with Crippen LogP contribution in [0.25, 0.3) is 0 Å². The van der Waals surface area contributed by atoms with Gasteiger partial charge in [-0.25, -0.2) is 0 Å². The van der Waals surface area contributed by atoms with Gasteiger partial charge in [-0.2, -0.15) is 0 Å². The van der Waals surface area contributed by atoms with Crippen LogP contribution in [-0.2, 0) is 19.1 Å². The Kier molecular flexibility index (Phi) is 19.9. The van der Waals surface area contributed by atoms with Gasteiger partial charge < -0.3 is 9.47 Å². The van der Waals surface area contributed by atoms with Crippen LogP contribution in [0.5, 0.6) is 0 Å². The monoisotopic (exact) mass is 454 g/mol. The molecule has 0 heterocycles. The highest BCUT2D eigenvalue weighted by molar-refractivity contribution is 5.72. The number of carbonyl (C=O) groups excluding carboxylic acids is 2. The van der Waals surface area contributed by atoms with Crippen molar-refractivity contribution in [2.75, 3.05) is 13.2 Å². The van der Waals surface area contributed by atoms with Crippen molar-refractivity contribution >= 4 is 11.9 Å². The molecule has 0 bridgehead atoms. The smallest absolute Gasteiger partial charge is 0.309 e. The van der Waals surface area contributed by atoms with Crippen molar-refractivity contribution in [2.24, 2.45) is 23.7 Å². The quantitative estimate of drug-likeness (QED) is 0.130. The predicted octanol–water partition coefficient (Wildman–Crippen LogP) is 8.12. The summed E-state index contributed by atoms with van der Waals surface area (Å²) in [5, 5.41) is 0. The van der Waals surface area contributed by atoms with Gasteiger partial charge >= 0.3 is 11.9 Å². The molecule has 0 fully saturated rings. The fraction of sp³-hybridized carbons (Fsp3) is 0.929. The average molecular weight is 455 g/mol. The zero-order valence-corrected chi connectivity index (χ0v) is 22.3. The summed E-state index contributed by atoms with van der Waals surface area (Å²) in [6.07, 6.45) is 15.4. The SMILES string of the molecule is CC(C)CCOC(=O)CCCCCCCCCCCCC(C(=O)OCCC(C)C)C(C)C. The van der Waals surface area contributed by atoms with Gasteiger partial charge in [-0.3, -0.25) is 9.59 Å². The molecule has 0 spiro atoms. The van der Waals surface area contributed by atoms with E-state index in [1.807, 2.05) is 0 Å². The van der Waals surface area contributed by atoms with Crippen LogP contribution in [-0.4, -0.2) is 25.2 Å². The minimum absolute atomic E-state index is 0.00414. The summed E-state index contributed by atoms with van der Waals surface area (Å²) in [7, 11) is 0. The molecule has 1 atom stereocenters. The normalized spacial score (nSPS) is 12.5. The van der Waals surface area contributed by atoms with Crippen molar-refractivity contribution in [3.63, 3.8) is 0 Å². The maximum atomic E-state index is 12.3. The third-order valence-electron chi connectivity index (χ3n) is 6.15. The molecule has 0 aromatic rings. The minimum atomic E-state index is -0.0332. The third-order valence-corrected chi connectivity index (χ3v) is 6.15. The predicted molar refractivity (Wildman–Crippen MR) is 135 cm³/mol. The fourth-order valence-electron chi connectivity index (χ4n) is 3.75. The average Bonchev–Trinajstić information content (AvgIpc) is 2.70. The van der Waals surface area contributed by atoms with E-state index in [1.165, 1.54) is 44.9 Å². The van der Waals surface area contributed by atoms with Crippen LogP contribution in [0.15, 0.2) is 0 Å². The van der Waals surface area contributed by atoms with Gasteiger partial charge in [0.2, 0.25) is 0 Å². The first-order valence-corrected chi connectivity index (χ1v) is 13.6. The van der Waals surface area contributed by atoms with Gasteiger partial charge in [0, 0.05) is 6.42 Å². The Bertz CT molecular complexity index is 456. The lowest BCUT2D eigenvalue weighted by Crippen LogP contribution is -2.23. The number of rotatable bonds is 21. The highest BCUT2D eigenvalue weighted by Crippen LogP contribution is 2.22. The van der Waals surface area contributed by atoms with Gasteiger partial charge in [0.05, 0.1) is 19.1 Å². The Labute approximate surface area is 199 Å². The van der Waals surface area contributed by atoms with E-state index in [2.05, 4.69) is 41.5 Å². The highest BCUT2D eigenvalue weighted by Gasteiger charge is 2.23. The Morgan fingerprint density at radius 3 is 1.47 bits per heavy atom. The van der Waals surface area contributed by atoms with Crippen LogP contribution in [0.2, 0.25) is 0 Å². The first-order chi connectivity index (χ1) is 15.2. The summed E-state index contributed by atoms with van der Waals surface area (Å²) >= 11 is 0. The lowest BCUT2D eigenvalue weighted by atomic mass is 9.90. The van der Waals surface area contributed by atoms with E-state index < -0.39 is 0 Å². The lowest BCUT2D eigenvalue weighted by molar-refractivity contribution is -0.150. The second-order valence-corrected chi connectivity index (χ2v) is 10.7. The summed E-state index contributed by atoms with van der Waals surface area (Å²) in [6, 6.07) is 0. The van der Waals surface area contributed by atoms with E-state index in [9.17, 15) is 9.59 Å². The van der Waals surface area contributed by atoms with Crippen molar-refractivity contribution in [3.8, 4) is 0 Å². The molecule has 0 aliphatic carbocycles. The first-order valence-electron chi connectivity index (χ1n) is 13.6. The van der Waals surface area contributed by atoms with E-state index in [0.29, 0.717) is 37.4 Å². The Balaban J connectivity index is 3.56. The van der Waals surface area contributed by atoms with Crippen LogP contribution < -0.4 is 0 Å². The van der Waals surface area contributed by atoms with E-state index in [1.54, 1.807) is 0 Å². The van der Waals surface area contributed by atoms with Gasteiger partial charge in [0.1, 0.15) is 0 Å². The Hall–Kier alpha value is -1.06. The van der Waals surface area contributed by atoms with Crippen LogP contribution in [0.4, 0.5) is 0 Å². The van der Waals surface area contributed by atoms with Crippen molar-refractivity contribution < 1.29 is 19.1 Å². The highest BCUT2D eigenvalue weighted by atomic mass is 16.5. The molecule has 32 heavy (non-hydrogen) atoms. The molecule has 0 aromatic heterocycles. The molecule has 0 rings (SSSR count). The molecule has 0 N–H and O–H groups in total. The van der Waals surface area contributed by atoms with Crippen LogP contribution in [0.1, 0.15) is 131 Å². The van der Waals surface area contributed by atoms with Crippen molar-refractivity contribution in [1.82, 2.24) is 0 Å². The molecule has 4 heteroatoms. The Morgan fingerprint density at radius 1 is 0.562 bits per heavy atom. The fourth-order valence-corrected chi connectivity index (χ4v) is 3.75. The zero-order valence-electron chi connectivity index (χ0n) is 22.3. The van der Waals surface area contributed by atoms with Crippen molar-refractivity contribution in [1.29, 1.82) is 0 Å². The van der Waals surface area contributed by atoms with Gasteiger partial charge in [-0.15, -0.1) is 0 Å². The van der Waals surface area contributed by atoms with Gasteiger partial charge in [0.25, 0.3) is 0 Å². The number of hydrogen-bond acceptors (Lipinski definition) is 4. The van der Waals surface area contributed by atoms with Crippen LogP contribution in [0, 0.1) is 23.7 Å². The topological polar surface area (TPSA) is 52.6 Å². The number of esters is 2. The lowest BCUT2D eigenvalue weighted by Gasteiger charge is -2.19. The maximum Gasteiger partial charge on any atom is 0.309 e. The molecule has 0 saturated carbocycles. The molecule has 0 aromatic carbocycles. The van der Waals surface area contributed by atoms with E-state index in [-0.39, 0.29) is 17.9 Å². The summed E-state index contributed by atoms with van der Waals surface area (Å²) in [6.45, 7) is 14.0. The van der Waals surface area contributed by atoms with Gasteiger partial charge in [0.15, 0.2) is 0 Å². The zero-order chi connectivity index (χ0) is 24.2. The van der Waals surface area contributed by atoms with Gasteiger partial charge in [-0.1, -0.05) is 99.3 Å². The molecule has 0 aliphatic rings. The molecule has 0 saturated heterocycles. The summed E-state index contributed by atoms with van der Waals surface area (Å²) in [5.74, 6) is 1.53. The number of carbonyl (C=O) groups is 2. The molecule has 1 unspecified atom stereocenters. The Morgan fingerprint density at radius 2 is 1.00 bits per heavy atom. The molecule has 190 valence electrons. The third kappa shape index (κ3) is 19.6. The summed E-state index contributed by atoms with van der Waals surface area (Å²) in [4.78, 5) is 24.0. The van der Waals surface area contributed by atoms with Crippen molar-refractivity contribution in [2.45, 2.75) is 131 Å². The number of unbranched alkanes of at least 4 members (excludes halogenated alkanes) is 9. The van der Waals surface area contributed by atoms with Crippen molar-refractivity contribution in [3.05, 3.63) is 0 Å². The number of ether oxygens (including phenoxy) is 2. The van der Waals surface area contributed by atoms with E-state index in [0.717, 1.165) is 38.5 Å². The van der Waals surface area contributed by atoms with Crippen LogP contribution in [0.3, 0.4) is 0 Å². The summed E-state index contributed by atoms with van der Waals surface area (Å²) < 4.78 is 10.7. The largest absolute Gasteiger partial charge is 0.466 e. The molecule has 0 radical (unpaired) electrons. The second kappa shape index (κ2) is 20.5. The molecular formula is C28H54O4. The molecule has 4 nitrogen and oxygen atoms in total. The minimum Gasteiger partial charge on any atom is -0.466 e. The van der Waals surface area contributed by atoms with Gasteiger partial charge in [-0.05, 0) is 43.4 Å². The van der Waals surface area contributed by atoms with E-state index >= 15 is 0 Å². The molecule has 0 amide bonds. The molecular weight excluding hydrogens is 400 g/mol. The maximum absolute atomic E-state index is 12.3.